The second kappa shape index (κ2) is 8.76. The fourth-order valence-electron chi connectivity index (χ4n) is 3.52. The van der Waals surface area contributed by atoms with Crippen LogP contribution in [0.15, 0.2) is 59.3 Å². The Morgan fingerprint density at radius 1 is 1.09 bits per heavy atom. The van der Waals surface area contributed by atoms with E-state index in [9.17, 15) is 4.39 Å². The van der Waals surface area contributed by atoms with E-state index in [0.29, 0.717) is 48.6 Å². The molecule has 1 aliphatic heterocycles. The number of halogens is 1. The lowest BCUT2D eigenvalue weighted by atomic mass is 9.96. The van der Waals surface area contributed by atoms with E-state index >= 15 is 0 Å². The first-order valence-corrected chi connectivity index (χ1v) is 10.7. The molecule has 4 heterocycles. The summed E-state index contributed by atoms with van der Waals surface area (Å²) >= 11 is 0. The van der Waals surface area contributed by atoms with Crippen LogP contribution in [-0.4, -0.2) is 33.1 Å². The highest BCUT2D eigenvalue weighted by Gasteiger charge is 2.32. The number of benzene rings is 1. The van der Waals surface area contributed by atoms with Crippen molar-refractivity contribution < 1.29 is 18.3 Å². The van der Waals surface area contributed by atoms with Gasteiger partial charge in [0.05, 0.1) is 43.1 Å². The number of hydrogen-bond donors (Lipinski definition) is 2. The van der Waals surface area contributed by atoms with E-state index in [2.05, 4.69) is 34.1 Å². The summed E-state index contributed by atoms with van der Waals surface area (Å²) in [5.41, 5.74) is 2.59. The summed E-state index contributed by atoms with van der Waals surface area (Å²) in [6.45, 7) is 5.72. The van der Waals surface area contributed by atoms with E-state index in [4.69, 9.17) is 18.9 Å². The number of nitrogens with one attached hydrogen (secondary N) is 2. The Kier molecular flexibility index (Phi) is 5.65. The highest BCUT2D eigenvalue weighted by Crippen LogP contribution is 2.35. The predicted octanol–water partition coefficient (Wildman–Crippen LogP) is 4.95. The van der Waals surface area contributed by atoms with Gasteiger partial charge in [0.25, 0.3) is 0 Å². The Morgan fingerprint density at radius 3 is 2.61 bits per heavy atom. The first-order chi connectivity index (χ1) is 16.0. The molecule has 0 bridgehead atoms. The minimum Gasteiger partial charge on any atom is -0.467 e. The van der Waals surface area contributed by atoms with Gasteiger partial charge in [-0.25, -0.2) is 19.3 Å². The molecule has 8 nitrogen and oxygen atoms in total. The Morgan fingerprint density at radius 2 is 1.88 bits per heavy atom. The van der Waals surface area contributed by atoms with Crippen molar-refractivity contribution in [3.8, 4) is 22.6 Å². The number of imidazole rings is 1. The van der Waals surface area contributed by atoms with Crippen molar-refractivity contribution >= 4 is 5.95 Å². The molecule has 1 saturated heterocycles. The van der Waals surface area contributed by atoms with E-state index < -0.39 is 6.29 Å². The average Bonchev–Trinajstić information content (AvgIpc) is 3.49. The Balaban J connectivity index is 1.48. The number of furan rings is 1. The summed E-state index contributed by atoms with van der Waals surface area (Å²) in [6, 6.07) is 11.7. The minimum absolute atomic E-state index is 0.0626. The summed E-state index contributed by atoms with van der Waals surface area (Å²) in [4.78, 5) is 17.0. The second-order valence-electron chi connectivity index (χ2n) is 8.67. The van der Waals surface area contributed by atoms with E-state index in [1.165, 1.54) is 12.1 Å². The van der Waals surface area contributed by atoms with Crippen molar-refractivity contribution in [1.82, 2.24) is 19.9 Å². The van der Waals surface area contributed by atoms with Crippen molar-refractivity contribution in [2.24, 2.45) is 5.41 Å². The fourth-order valence-corrected chi connectivity index (χ4v) is 3.52. The molecule has 5 rings (SSSR count). The molecule has 0 aliphatic carbocycles. The smallest absolute Gasteiger partial charge is 0.223 e. The number of aromatic nitrogens is 4. The van der Waals surface area contributed by atoms with Gasteiger partial charge in [-0.2, -0.15) is 0 Å². The minimum atomic E-state index is -0.621. The van der Waals surface area contributed by atoms with Crippen LogP contribution in [0.25, 0.3) is 22.6 Å². The lowest BCUT2D eigenvalue weighted by molar-refractivity contribution is -0.229. The number of anilines is 1. The van der Waals surface area contributed by atoms with Crippen molar-refractivity contribution in [3.05, 3.63) is 72.3 Å². The molecule has 0 spiro atoms. The first kappa shape index (κ1) is 21.3. The topological polar surface area (TPSA) is 98.1 Å². The molecule has 170 valence electrons. The second-order valence-corrected chi connectivity index (χ2v) is 8.67. The Hall–Kier alpha value is -3.56. The number of nitrogens with zero attached hydrogens (tertiary/aromatic N) is 3. The Labute approximate surface area is 190 Å². The van der Waals surface area contributed by atoms with Crippen LogP contribution < -0.4 is 5.32 Å². The molecule has 2 N–H and O–H groups in total. The highest BCUT2D eigenvalue weighted by atomic mass is 19.1. The molecule has 0 amide bonds. The summed E-state index contributed by atoms with van der Waals surface area (Å²) in [5.74, 6) is 1.43. The molecule has 0 atom stereocenters. The molecule has 1 fully saturated rings. The van der Waals surface area contributed by atoms with Gasteiger partial charge >= 0.3 is 0 Å². The van der Waals surface area contributed by atoms with E-state index in [1.807, 2.05) is 12.1 Å². The number of aromatic amines is 1. The van der Waals surface area contributed by atoms with E-state index in [0.717, 1.165) is 11.3 Å². The average molecular weight is 449 g/mol. The van der Waals surface area contributed by atoms with Crippen LogP contribution in [0.4, 0.5) is 10.3 Å². The summed E-state index contributed by atoms with van der Waals surface area (Å²) in [5, 5.41) is 3.15. The van der Waals surface area contributed by atoms with E-state index in [1.54, 1.807) is 30.7 Å². The third-order valence-corrected chi connectivity index (χ3v) is 5.23. The predicted molar refractivity (Wildman–Crippen MR) is 119 cm³/mol. The van der Waals surface area contributed by atoms with Crippen molar-refractivity contribution in [2.45, 2.75) is 26.7 Å². The normalized spacial score (nSPS) is 16.1. The Bertz CT molecular complexity index is 1210. The molecule has 4 aromatic rings. The molecule has 9 heteroatoms. The molecule has 0 radical (unpaired) electrons. The molecular formula is C24H24FN5O3. The van der Waals surface area contributed by atoms with Gasteiger partial charge in [0.15, 0.2) is 5.82 Å². The zero-order valence-electron chi connectivity index (χ0n) is 18.3. The first-order valence-electron chi connectivity index (χ1n) is 10.7. The van der Waals surface area contributed by atoms with Gasteiger partial charge in [-0.1, -0.05) is 13.8 Å². The van der Waals surface area contributed by atoms with Crippen LogP contribution in [-0.2, 0) is 16.0 Å². The lowest BCUT2D eigenvalue weighted by Crippen LogP contribution is -2.34. The molecule has 3 aromatic heterocycles. The van der Waals surface area contributed by atoms with Gasteiger partial charge in [0.1, 0.15) is 11.6 Å². The van der Waals surface area contributed by atoms with Crippen LogP contribution in [0.2, 0.25) is 0 Å². The van der Waals surface area contributed by atoms with Crippen LogP contribution in [0.3, 0.4) is 0 Å². The van der Waals surface area contributed by atoms with Gasteiger partial charge in [-0.3, -0.25) is 0 Å². The van der Waals surface area contributed by atoms with Crippen molar-refractivity contribution in [2.75, 3.05) is 18.5 Å². The third-order valence-electron chi connectivity index (χ3n) is 5.23. The number of ether oxygens (including phenoxy) is 2. The lowest BCUT2D eigenvalue weighted by Gasteiger charge is -2.33. The molecule has 0 unspecified atom stereocenters. The van der Waals surface area contributed by atoms with Crippen molar-refractivity contribution in [3.63, 3.8) is 0 Å². The quantitative estimate of drug-likeness (QED) is 0.430. The SMILES string of the molecule is CC1(C)COC(c2nc(-c3ccc(F)cc3)c(-c3ccnc(NCc4ccco4)n3)[nH]2)OC1. The van der Waals surface area contributed by atoms with Crippen molar-refractivity contribution in [1.29, 1.82) is 0 Å². The van der Waals surface area contributed by atoms with Gasteiger partial charge in [-0.15, -0.1) is 0 Å². The standard InChI is InChI=1S/C24H24FN5O3/c1-24(2)13-32-22(33-14-24)21-29-19(15-5-7-16(25)8-6-15)20(30-21)18-9-10-26-23(28-18)27-12-17-4-3-11-31-17/h3-11,22H,12-14H2,1-2H3,(H,29,30)(H,26,27,28). The zero-order valence-corrected chi connectivity index (χ0v) is 18.3. The van der Waals surface area contributed by atoms with Gasteiger partial charge < -0.3 is 24.2 Å². The molecular weight excluding hydrogens is 425 g/mol. The maximum Gasteiger partial charge on any atom is 0.223 e. The van der Waals surface area contributed by atoms with Crippen LogP contribution in [0.5, 0.6) is 0 Å². The van der Waals surface area contributed by atoms with Gasteiger partial charge in [0, 0.05) is 17.2 Å². The number of hydrogen-bond acceptors (Lipinski definition) is 7. The highest BCUT2D eigenvalue weighted by molar-refractivity contribution is 5.77. The number of rotatable bonds is 6. The molecule has 1 aliphatic rings. The summed E-state index contributed by atoms with van der Waals surface area (Å²) in [6.07, 6.45) is 2.66. The molecule has 33 heavy (non-hydrogen) atoms. The largest absolute Gasteiger partial charge is 0.467 e. The summed E-state index contributed by atoms with van der Waals surface area (Å²) < 4.78 is 30.7. The maximum absolute atomic E-state index is 13.5. The van der Waals surface area contributed by atoms with E-state index in [-0.39, 0.29) is 11.2 Å². The van der Waals surface area contributed by atoms with Gasteiger partial charge in [0.2, 0.25) is 12.2 Å². The zero-order chi connectivity index (χ0) is 22.8. The third kappa shape index (κ3) is 4.79. The van der Waals surface area contributed by atoms with Gasteiger partial charge in [-0.05, 0) is 42.5 Å². The summed E-state index contributed by atoms with van der Waals surface area (Å²) in [7, 11) is 0. The number of H-pyrrole nitrogens is 1. The van der Waals surface area contributed by atoms with Crippen LogP contribution in [0, 0.1) is 11.2 Å². The monoisotopic (exact) mass is 449 g/mol. The van der Waals surface area contributed by atoms with Crippen LogP contribution in [0.1, 0.15) is 31.7 Å². The molecule has 1 aromatic carbocycles. The fraction of sp³-hybridized carbons (Fsp3) is 0.292. The maximum atomic E-state index is 13.5. The molecule has 0 saturated carbocycles. The van der Waals surface area contributed by atoms with Crippen LogP contribution >= 0.6 is 0 Å².